The minimum atomic E-state index is -0.111. The summed E-state index contributed by atoms with van der Waals surface area (Å²) in [7, 11) is 1.75. The predicted molar refractivity (Wildman–Crippen MR) is 82.0 cm³/mol. The normalized spacial score (nSPS) is 10.2. The fraction of sp³-hybridized carbons (Fsp3) is 0.143. The van der Waals surface area contributed by atoms with E-state index in [9.17, 15) is 4.79 Å². The van der Waals surface area contributed by atoms with Gasteiger partial charge >= 0.3 is 0 Å². The van der Waals surface area contributed by atoms with E-state index in [1.807, 2.05) is 24.3 Å². The number of hydrogen-bond acceptors (Lipinski definition) is 4. The highest BCUT2D eigenvalue weighted by Gasteiger charge is 2.15. The molecule has 0 fully saturated rings. The molecule has 0 spiro atoms. The number of nitrogen functional groups attached to an aromatic ring is 1. The Morgan fingerprint density at radius 2 is 2.25 bits per heavy atom. The van der Waals surface area contributed by atoms with Crippen molar-refractivity contribution in [2.24, 2.45) is 5.84 Å². The topological polar surface area (TPSA) is 71.2 Å². The Kier molecular flexibility index (Phi) is 4.70. The van der Waals surface area contributed by atoms with Gasteiger partial charge in [0.05, 0.1) is 17.4 Å². The first-order valence-electron chi connectivity index (χ1n) is 6.02. The number of carbonyl (C=O) groups excluding carboxylic acids is 1. The lowest BCUT2D eigenvalue weighted by Gasteiger charge is -2.19. The molecule has 3 N–H and O–H groups in total. The number of pyridine rings is 1. The average Bonchev–Trinajstić information content (AvgIpc) is 2.46. The molecule has 1 amide bonds. The van der Waals surface area contributed by atoms with Crippen LogP contribution in [0.1, 0.15) is 15.9 Å². The maximum Gasteiger partial charge on any atom is 0.256 e. The molecular formula is C14H15BrN4O. The third-order valence-corrected chi connectivity index (χ3v) is 3.36. The summed E-state index contributed by atoms with van der Waals surface area (Å²) in [5.41, 5.74) is 4.55. The van der Waals surface area contributed by atoms with Crippen LogP contribution >= 0.6 is 15.9 Å². The number of aromatic nitrogens is 1. The number of nitrogens with zero attached hydrogens (tertiary/aromatic N) is 2. The highest BCUT2D eigenvalue weighted by atomic mass is 79.9. The smallest absolute Gasteiger partial charge is 0.256 e. The molecule has 0 unspecified atom stereocenters. The van der Waals surface area contributed by atoms with Gasteiger partial charge in [-0.1, -0.05) is 28.1 Å². The summed E-state index contributed by atoms with van der Waals surface area (Å²) < 4.78 is 0.990. The van der Waals surface area contributed by atoms with Gasteiger partial charge in [-0.05, 0) is 23.8 Å². The average molecular weight is 335 g/mol. The van der Waals surface area contributed by atoms with Crippen LogP contribution in [0, 0.1) is 0 Å². The van der Waals surface area contributed by atoms with Crippen molar-refractivity contribution in [3.63, 3.8) is 0 Å². The van der Waals surface area contributed by atoms with Crippen LogP contribution in [0.3, 0.4) is 0 Å². The lowest BCUT2D eigenvalue weighted by atomic mass is 10.1. The van der Waals surface area contributed by atoms with E-state index in [0.717, 1.165) is 10.0 Å². The van der Waals surface area contributed by atoms with Gasteiger partial charge in [-0.3, -0.25) is 15.6 Å². The molecule has 5 nitrogen and oxygen atoms in total. The monoisotopic (exact) mass is 334 g/mol. The molecule has 0 saturated carbocycles. The number of anilines is 1. The standard InChI is InChI=1S/C14H15BrN4O/c1-19(9-10-3-2-4-11(15)7-10)14(20)12-5-6-17-8-13(12)18-16/h2-8,18H,9,16H2,1H3. The van der Waals surface area contributed by atoms with E-state index in [1.54, 1.807) is 24.2 Å². The lowest BCUT2D eigenvalue weighted by molar-refractivity contribution is 0.0786. The molecular weight excluding hydrogens is 320 g/mol. The minimum Gasteiger partial charge on any atom is -0.337 e. The Labute approximate surface area is 125 Å². The van der Waals surface area contributed by atoms with Crippen LogP contribution in [-0.2, 0) is 6.54 Å². The van der Waals surface area contributed by atoms with E-state index in [0.29, 0.717) is 17.8 Å². The van der Waals surface area contributed by atoms with E-state index in [4.69, 9.17) is 5.84 Å². The molecule has 0 aliphatic carbocycles. The molecule has 0 bridgehead atoms. The molecule has 2 rings (SSSR count). The zero-order valence-corrected chi connectivity index (χ0v) is 12.6. The van der Waals surface area contributed by atoms with Crippen molar-refractivity contribution in [3.8, 4) is 0 Å². The third-order valence-electron chi connectivity index (χ3n) is 2.86. The second-order valence-electron chi connectivity index (χ2n) is 4.36. The summed E-state index contributed by atoms with van der Waals surface area (Å²) >= 11 is 3.42. The highest BCUT2D eigenvalue weighted by molar-refractivity contribution is 9.10. The van der Waals surface area contributed by atoms with Crippen molar-refractivity contribution in [3.05, 3.63) is 58.3 Å². The number of nitrogens with one attached hydrogen (secondary N) is 1. The zero-order chi connectivity index (χ0) is 14.5. The minimum absolute atomic E-state index is 0.111. The molecule has 1 aromatic carbocycles. The maximum atomic E-state index is 12.4. The fourth-order valence-electron chi connectivity index (χ4n) is 1.88. The summed E-state index contributed by atoms with van der Waals surface area (Å²) in [5.74, 6) is 5.28. The Morgan fingerprint density at radius 3 is 2.95 bits per heavy atom. The van der Waals surface area contributed by atoms with E-state index in [2.05, 4.69) is 26.3 Å². The molecule has 0 aliphatic heterocycles. The van der Waals surface area contributed by atoms with E-state index in [1.165, 1.54) is 6.20 Å². The first-order valence-corrected chi connectivity index (χ1v) is 6.81. The molecule has 20 heavy (non-hydrogen) atoms. The first-order chi connectivity index (χ1) is 9.61. The lowest BCUT2D eigenvalue weighted by Crippen LogP contribution is -2.27. The van der Waals surface area contributed by atoms with Gasteiger partial charge < -0.3 is 10.3 Å². The summed E-state index contributed by atoms with van der Waals surface area (Å²) in [6.45, 7) is 0.518. The number of rotatable bonds is 4. The summed E-state index contributed by atoms with van der Waals surface area (Å²) in [6, 6.07) is 9.50. The number of nitrogens with two attached hydrogens (primary N) is 1. The number of benzene rings is 1. The molecule has 6 heteroatoms. The molecule has 1 aromatic heterocycles. The van der Waals surface area contributed by atoms with Crippen molar-refractivity contribution in [2.75, 3.05) is 12.5 Å². The van der Waals surface area contributed by atoms with Crippen LogP contribution in [0.15, 0.2) is 47.2 Å². The van der Waals surface area contributed by atoms with Crippen molar-refractivity contribution < 1.29 is 4.79 Å². The molecule has 0 atom stereocenters. The number of halogens is 1. The Bertz CT molecular complexity index is 618. The van der Waals surface area contributed by atoms with Gasteiger partial charge in [-0.15, -0.1) is 0 Å². The van der Waals surface area contributed by atoms with Crippen LogP contribution in [0.2, 0.25) is 0 Å². The van der Waals surface area contributed by atoms with Gasteiger partial charge in [-0.25, -0.2) is 0 Å². The van der Waals surface area contributed by atoms with Crippen molar-refractivity contribution in [1.82, 2.24) is 9.88 Å². The zero-order valence-electron chi connectivity index (χ0n) is 11.0. The van der Waals surface area contributed by atoms with Crippen LogP contribution in [-0.4, -0.2) is 22.8 Å². The molecule has 0 radical (unpaired) electrons. The SMILES string of the molecule is CN(Cc1cccc(Br)c1)C(=O)c1ccncc1NN. The summed E-state index contributed by atoms with van der Waals surface area (Å²) in [4.78, 5) is 18.0. The van der Waals surface area contributed by atoms with Crippen LogP contribution < -0.4 is 11.3 Å². The van der Waals surface area contributed by atoms with E-state index in [-0.39, 0.29) is 5.91 Å². The van der Waals surface area contributed by atoms with Gasteiger partial charge in [0.25, 0.3) is 5.91 Å². The molecule has 1 heterocycles. The fourth-order valence-corrected chi connectivity index (χ4v) is 2.33. The van der Waals surface area contributed by atoms with Gasteiger partial charge in [-0.2, -0.15) is 0 Å². The Balaban J connectivity index is 2.16. The maximum absolute atomic E-state index is 12.4. The van der Waals surface area contributed by atoms with Crippen LogP contribution in [0.5, 0.6) is 0 Å². The van der Waals surface area contributed by atoms with Gasteiger partial charge in [0, 0.05) is 24.3 Å². The quantitative estimate of drug-likeness (QED) is 0.665. The molecule has 2 aromatic rings. The number of amides is 1. The van der Waals surface area contributed by atoms with Gasteiger partial charge in [0.1, 0.15) is 0 Å². The van der Waals surface area contributed by atoms with Crippen LogP contribution in [0.25, 0.3) is 0 Å². The Hall–Kier alpha value is -1.92. The van der Waals surface area contributed by atoms with Crippen molar-refractivity contribution >= 4 is 27.5 Å². The molecule has 104 valence electrons. The molecule has 0 aliphatic rings. The second kappa shape index (κ2) is 6.49. The number of hydrogen-bond donors (Lipinski definition) is 2. The predicted octanol–water partition coefficient (Wildman–Crippen LogP) is 2.40. The number of carbonyl (C=O) groups is 1. The van der Waals surface area contributed by atoms with Gasteiger partial charge in [0.15, 0.2) is 0 Å². The Morgan fingerprint density at radius 1 is 1.45 bits per heavy atom. The number of hydrazine groups is 1. The van der Waals surface area contributed by atoms with Crippen LogP contribution in [0.4, 0.5) is 5.69 Å². The summed E-state index contributed by atoms with van der Waals surface area (Å²) in [6.07, 6.45) is 3.10. The largest absolute Gasteiger partial charge is 0.337 e. The summed E-state index contributed by atoms with van der Waals surface area (Å²) in [5, 5.41) is 0. The van der Waals surface area contributed by atoms with Crippen molar-refractivity contribution in [1.29, 1.82) is 0 Å². The van der Waals surface area contributed by atoms with E-state index < -0.39 is 0 Å². The highest BCUT2D eigenvalue weighted by Crippen LogP contribution is 2.17. The van der Waals surface area contributed by atoms with Crippen molar-refractivity contribution in [2.45, 2.75) is 6.54 Å². The third kappa shape index (κ3) is 3.34. The van der Waals surface area contributed by atoms with E-state index >= 15 is 0 Å². The first kappa shape index (κ1) is 14.5. The second-order valence-corrected chi connectivity index (χ2v) is 5.27. The van der Waals surface area contributed by atoms with Gasteiger partial charge in [0.2, 0.25) is 0 Å². The molecule has 0 saturated heterocycles.